The lowest BCUT2D eigenvalue weighted by atomic mass is 9.98. The zero-order valence-electron chi connectivity index (χ0n) is 10.7. The van der Waals surface area contributed by atoms with Gasteiger partial charge in [-0.1, -0.05) is 48.0 Å². The van der Waals surface area contributed by atoms with Crippen LogP contribution in [0.5, 0.6) is 0 Å². The van der Waals surface area contributed by atoms with E-state index in [1.165, 1.54) is 16.7 Å². The van der Waals surface area contributed by atoms with Gasteiger partial charge in [-0.15, -0.1) is 0 Å². The Morgan fingerprint density at radius 1 is 1.16 bits per heavy atom. The lowest BCUT2D eigenvalue weighted by Gasteiger charge is -2.25. The fourth-order valence-corrected chi connectivity index (χ4v) is 3.05. The highest BCUT2D eigenvalue weighted by atomic mass is 35.5. The molecule has 0 spiro atoms. The third kappa shape index (κ3) is 2.39. The Balaban J connectivity index is 2.06. The van der Waals surface area contributed by atoms with Crippen molar-refractivity contribution >= 4 is 11.6 Å². The minimum absolute atomic E-state index is 0.276. The number of hydrogen-bond donors (Lipinski definition) is 1. The summed E-state index contributed by atoms with van der Waals surface area (Å²) in [6, 6.07) is 17.0. The second-order valence-corrected chi connectivity index (χ2v) is 5.35. The fraction of sp³-hybridized carbons (Fsp3) is 0.250. The van der Waals surface area contributed by atoms with Crippen molar-refractivity contribution in [2.24, 2.45) is 5.73 Å². The summed E-state index contributed by atoms with van der Waals surface area (Å²) in [5.41, 5.74) is 9.71. The molecule has 0 radical (unpaired) electrons. The third-order valence-electron chi connectivity index (χ3n) is 3.67. The average Bonchev–Trinajstić information content (AvgIpc) is 2.77. The maximum atomic E-state index is 6.16. The maximum absolute atomic E-state index is 6.16. The summed E-state index contributed by atoms with van der Waals surface area (Å²) >= 11 is 6.16. The monoisotopic (exact) mass is 272 g/mol. The van der Waals surface area contributed by atoms with Crippen LogP contribution in [0.4, 0.5) is 0 Å². The summed E-state index contributed by atoms with van der Waals surface area (Å²) in [4.78, 5) is 2.41. The van der Waals surface area contributed by atoms with Crippen molar-refractivity contribution in [2.75, 3.05) is 13.1 Å². The van der Waals surface area contributed by atoms with Gasteiger partial charge in [-0.3, -0.25) is 4.90 Å². The summed E-state index contributed by atoms with van der Waals surface area (Å²) in [5.74, 6) is 0. The Morgan fingerprint density at radius 3 is 2.68 bits per heavy atom. The van der Waals surface area contributed by atoms with Crippen LogP contribution in [0.1, 0.15) is 22.7 Å². The van der Waals surface area contributed by atoms with Crippen LogP contribution < -0.4 is 5.73 Å². The van der Waals surface area contributed by atoms with Gasteiger partial charge in [0.1, 0.15) is 0 Å². The molecular formula is C16H17ClN2. The summed E-state index contributed by atoms with van der Waals surface area (Å²) in [7, 11) is 0. The Bertz CT molecular complexity index is 568. The van der Waals surface area contributed by atoms with E-state index in [0.29, 0.717) is 6.54 Å². The van der Waals surface area contributed by atoms with E-state index in [1.807, 2.05) is 12.1 Å². The predicted molar refractivity (Wildman–Crippen MR) is 79.2 cm³/mol. The van der Waals surface area contributed by atoms with Crippen LogP contribution in [-0.4, -0.2) is 18.0 Å². The van der Waals surface area contributed by atoms with Crippen LogP contribution >= 0.6 is 11.6 Å². The number of hydrogen-bond acceptors (Lipinski definition) is 2. The van der Waals surface area contributed by atoms with E-state index in [9.17, 15) is 0 Å². The van der Waals surface area contributed by atoms with Crippen molar-refractivity contribution in [3.8, 4) is 0 Å². The van der Waals surface area contributed by atoms with Crippen molar-refractivity contribution in [3.05, 3.63) is 70.2 Å². The average molecular weight is 273 g/mol. The second kappa shape index (κ2) is 5.33. The van der Waals surface area contributed by atoms with E-state index in [-0.39, 0.29) is 6.04 Å². The quantitative estimate of drug-likeness (QED) is 0.930. The van der Waals surface area contributed by atoms with E-state index >= 15 is 0 Å². The molecular weight excluding hydrogens is 256 g/mol. The first-order valence-corrected chi connectivity index (χ1v) is 6.95. The summed E-state index contributed by atoms with van der Waals surface area (Å²) < 4.78 is 0. The zero-order chi connectivity index (χ0) is 13.2. The van der Waals surface area contributed by atoms with Gasteiger partial charge in [-0.05, 0) is 28.8 Å². The first-order chi connectivity index (χ1) is 9.29. The molecule has 3 rings (SSSR count). The minimum atomic E-state index is 0.276. The number of nitrogens with zero attached hydrogens (tertiary/aromatic N) is 1. The van der Waals surface area contributed by atoms with Gasteiger partial charge in [0.25, 0.3) is 0 Å². The van der Waals surface area contributed by atoms with Crippen molar-refractivity contribution < 1.29 is 0 Å². The molecule has 3 heteroatoms. The van der Waals surface area contributed by atoms with Crippen molar-refractivity contribution in [1.29, 1.82) is 0 Å². The van der Waals surface area contributed by atoms with Gasteiger partial charge < -0.3 is 5.73 Å². The van der Waals surface area contributed by atoms with Gasteiger partial charge >= 0.3 is 0 Å². The fourth-order valence-electron chi connectivity index (χ4n) is 2.87. The highest BCUT2D eigenvalue weighted by Gasteiger charge is 2.30. The molecule has 1 atom stereocenters. The lowest BCUT2D eigenvalue weighted by molar-refractivity contribution is 0.251. The van der Waals surface area contributed by atoms with E-state index in [4.69, 9.17) is 17.3 Å². The van der Waals surface area contributed by atoms with Crippen LogP contribution in [0.2, 0.25) is 5.02 Å². The molecule has 2 aromatic rings. The van der Waals surface area contributed by atoms with Gasteiger partial charge in [0.2, 0.25) is 0 Å². The van der Waals surface area contributed by atoms with E-state index < -0.39 is 0 Å². The van der Waals surface area contributed by atoms with Crippen LogP contribution in [0.3, 0.4) is 0 Å². The SMILES string of the molecule is NCCN1Cc2ccc(Cl)cc2C1c1ccccc1. The highest BCUT2D eigenvalue weighted by Crippen LogP contribution is 2.39. The molecule has 0 aliphatic carbocycles. The summed E-state index contributed by atoms with van der Waals surface area (Å²) in [6.45, 7) is 2.51. The maximum Gasteiger partial charge on any atom is 0.0608 e. The van der Waals surface area contributed by atoms with Crippen LogP contribution in [0, 0.1) is 0 Å². The molecule has 2 nitrogen and oxygen atoms in total. The van der Waals surface area contributed by atoms with E-state index in [0.717, 1.165) is 18.1 Å². The van der Waals surface area contributed by atoms with Crippen LogP contribution in [0.15, 0.2) is 48.5 Å². The molecule has 2 aromatic carbocycles. The summed E-state index contributed by atoms with van der Waals surface area (Å²) in [6.07, 6.45) is 0. The first-order valence-electron chi connectivity index (χ1n) is 6.57. The molecule has 1 heterocycles. The van der Waals surface area contributed by atoms with E-state index in [1.54, 1.807) is 0 Å². The molecule has 1 unspecified atom stereocenters. The predicted octanol–water partition coefficient (Wildman–Crippen LogP) is 3.20. The van der Waals surface area contributed by atoms with Crippen LogP contribution in [0.25, 0.3) is 0 Å². The normalized spacial score (nSPS) is 18.5. The molecule has 0 bridgehead atoms. The number of halogens is 1. The van der Waals surface area contributed by atoms with Crippen molar-refractivity contribution in [3.63, 3.8) is 0 Å². The van der Waals surface area contributed by atoms with Crippen molar-refractivity contribution in [1.82, 2.24) is 4.90 Å². The standard InChI is InChI=1S/C16H17ClN2/c17-14-7-6-13-11-19(9-8-18)16(15(13)10-14)12-4-2-1-3-5-12/h1-7,10,16H,8-9,11,18H2. The van der Waals surface area contributed by atoms with Gasteiger partial charge in [0.15, 0.2) is 0 Å². The smallest absolute Gasteiger partial charge is 0.0608 e. The molecule has 1 aliphatic rings. The van der Waals surface area contributed by atoms with Gasteiger partial charge in [-0.25, -0.2) is 0 Å². The van der Waals surface area contributed by atoms with Crippen molar-refractivity contribution in [2.45, 2.75) is 12.6 Å². The Hall–Kier alpha value is -1.35. The highest BCUT2D eigenvalue weighted by molar-refractivity contribution is 6.30. The Kier molecular flexibility index (Phi) is 3.56. The van der Waals surface area contributed by atoms with Gasteiger partial charge in [-0.2, -0.15) is 0 Å². The molecule has 19 heavy (non-hydrogen) atoms. The second-order valence-electron chi connectivity index (χ2n) is 4.92. The Morgan fingerprint density at radius 2 is 1.95 bits per heavy atom. The molecule has 0 saturated heterocycles. The van der Waals surface area contributed by atoms with E-state index in [2.05, 4.69) is 41.3 Å². The number of nitrogens with two attached hydrogens (primary N) is 1. The number of benzene rings is 2. The molecule has 0 fully saturated rings. The van der Waals surface area contributed by atoms with Gasteiger partial charge in [0.05, 0.1) is 6.04 Å². The number of rotatable bonds is 3. The third-order valence-corrected chi connectivity index (χ3v) is 3.91. The number of fused-ring (bicyclic) bond motifs is 1. The minimum Gasteiger partial charge on any atom is -0.329 e. The molecule has 0 amide bonds. The molecule has 98 valence electrons. The molecule has 0 saturated carbocycles. The molecule has 1 aliphatic heterocycles. The Labute approximate surface area is 118 Å². The largest absolute Gasteiger partial charge is 0.329 e. The topological polar surface area (TPSA) is 29.3 Å². The lowest BCUT2D eigenvalue weighted by Crippen LogP contribution is -2.28. The van der Waals surface area contributed by atoms with Gasteiger partial charge in [0, 0.05) is 24.7 Å². The molecule has 2 N–H and O–H groups in total. The van der Waals surface area contributed by atoms with Crippen LogP contribution in [-0.2, 0) is 6.54 Å². The summed E-state index contributed by atoms with van der Waals surface area (Å²) in [5, 5.41) is 0.800. The molecule has 0 aromatic heterocycles. The first kappa shape index (κ1) is 12.7. The zero-order valence-corrected chi connectivity index (χ0v) is 11.5.